The van der Waals surface area contributed by atoms with Crippen molar-refractivity contribution in [3.8, 4) is 0 Å². The summed E-state index contributed by atoms with van der Waals surface area (Å²) in [5, 5.41) is 0. The van der Waals surface area contributed by atoms with Crippen molar-refractivity contribution < 1.29 is 19.0 Å². The first-order valence-corrected chi connectivity index (χ1v) is 10.9. The summed E-state index contributed by atoms with van der Waals surface area (Å²) in [5.74, 6) is 1.35. The molecule has 0 aromatic heterocycles. The van der Waals surface area contributed by atoms with E-state index < -0.39 is 0 Å². The summed E-state index contributed by atoms with van der Waals surface area (Å²) >= 11 is 0. The molecule has 0 amide bonds. The molecule has 27 heavy (non-hydrogen) atoms. The molecule has 4 rings (SSSR count). The van der Waals surface area contributed by atoms with E-state index in [4.69, 9.17) is 14.2 Å². The molecule has 5 unspecified atom stereocenters. The number of hydrogen-bond donors (Lipinski definition) is 0. The predicted octanol–water partition coefficient (Wildman–Crippen LogP) is 2.91. The Hall–Kier alpha value is -0.490. The maximum atomic E-state index is 13.1. The Morgan fingerprint density at radius 3 is 2.63 bits per heavy atom. The van der Waals surface area contributed by atoms with Gasteiger partial charge in [0.05, 0.1) is 17.8 Å². The second kappa shape index (κ2) is 7.08. The zero-order valence-electron chi connectivity index (χ0n) is 17.7. The third-order valence-corrected chi connectivity index (χ3v) is 8.88. The highest BCUT2D eigenvalue weighted by atomic mass is 16.5. The molecule has 0 N–H and O–H groups in total. The first kappa shape index (κ1) is 19.8. The van der Waals surface area contributed by atoms with Crippen LogP contribution in [-0.4, -0.2) is 69.0 Å². The molecular formula is C22H37NO4. The number of hydrogen-bond acceptors (Lipinski definition) is 5. The van der Waals surface area contributed by atoms with Gasteiger partial charge in [-0.3, -0.25) is 4.79 Å². The third-order valence-electron chi connectivity index (χ3n) is 8.88. The number of ether oxygens (including phenoxy) is 3. The molecule has 154 valence electrons. The van der Waals surface area contributed by atoms with Gasteiger partial charge in [0.2, 0.25) is 0 Å². The molecule has 0 spiro atoms. The van der Waals surface area contributed by atoms with E-state index in [-0.39, 0.29) is 29.1 Å². The van der Waals surface area contributed by atoms with E-state index in [2.05, 4.69) is 25.8 Å². The fourth-order valence-electron chi connectivity index (χ4n) is 7.90. The maximum absolute atomic E-state index is 13.1. The van der Waals surface area contributed by atoms with Crippen LogP contribution in [0.15, 0.2) is 0 Å². The molecule has 4 aliphatic rings. The molecule has 4 fully saturated rings. The zero-order valence-corrected chi connectivity index (χ0v) is 17.7. The highest BCUT2D eigenvalue weighted by Crippen LogP contribution is 2.68. The Balaban J connectivity index is 1.90. The van der Waals surface area contributed by atoms with Crippen LogP contribution in [0.5, 0.6) is 0 Å². The van der Waals surface area contributed by atoms with Gasteiger partial charge in [-0.15, -0.1) is 0 Å². The minimum Gasteiger partial charge on any atom is -0.379 e. The Kier molecular flexibility index (Phi) is 5.20. The molecule has 2 bridgehead atoms. The van der Waals surface area contributed by atoms with Crippen molar-refractivity contribution in [2.75, 3.05) is 34.4 Å². The van der Waals surface area contributed by atoms with Crippen molar-refractivity contribution in [1.82, 2.24) is 4.90 Å². The predicted molar refractivity (Wildman–Crippen MR) is 104 cm³/mol. The lowest BCUT2D eigenvalue weighted by Gasteiger charge is -2.72. The lowest BCUT2D eigenvalue weighted by Crippen LogP contribution is -2.79. The Labute approximate surface area is 164 Å². The molecule has 0 aromatic rings. The van der Waals surface area contributed by atoms with Gasteiger partial charge in [-0.1, -0.05) is 6.92 Å². The van der Waals surface area contributed by atoms with Crippen LogP contribution in [-0.2, 0) is 19.0 Å². The first-order valence-electron chi connectivity index (χ1n) is 10.9. The van der Waals surface area contributed by atoms with E-state index >= 15 is 0 Å². The van der Waals surface area contributed by atoms with Crippen molar-refractivity contribution in [3.63, 3.8) is 0 Å². The van der Waals surface area contributed by atoms with Gasteiger partial charge in [-0.05, 0) is 64.5 Å². The Morgan fingerprint density at radius 1 is 1.19 bits per heavy atom. The van der Waals surface area contributed by atoms with Crippen LogP contribution in [0.1, 0.15) is 52.4 Å². The Morgan fingerprint density at radius 2 is 1.96 bits per heavy atom. The number of likely N-dealkylation sites (N-methyl/N-ethyl adjacent to an activating group) is 1. The van der Waals surface area contributed by atoms with Crippen molar-refractivity contribution in [2.45, 2.75) is 76.2 Å². The standard InChI is InChI=1S/C22H37NO4/c1-6-27-22-10-9-16(24)14(2)21(22)11-12-23(3)18(22)13-15-7-8-17(25-4)20(26-5)19(15)21/h14-15,17-20H,6-13H2,1-5H3/t14-,15?,17?,18?,19?,20?,21-,22-/m1/s1. The second-order valence-corrected chi connectivity index (χ2v) is 9.37. The van der Waals surface area contributed by atoms with Crippen LogP contribution < -0.4 is 0 Å². The number of carbonyl (C=O) groups excluding carboxylic acids is 1. The second-order valence-electron chi connectivity index (χ2n) is 9.37. The minimum atomic E-state index is -0.240. The van der Waals surface area contributed by atoms with Gasteiger partial charge >= 0.3 is 0 Å². The number of carbonyl (C=O) groups is 1. The first-order chi connectivity index (χ1) is 13.0. The summed E-state index contributed by atoms with van der Waals surface area (Å²) < 4.78 is 18.7. The van der Waals surface area contributed by atoms with Gasteiger partial charge in [0.25, 0.3) is 0 Å². The highest BCUT2D eigenvalue weighted by Gasteiger charge is 2.73. The number of rotatable bonds is 4. The largest absolute Gasteiger partial charge is 0.379 e. The fourth-order valence-corrected chi connectivity index (χ4v) is 7.90. The molecule has 1 aliphatic heterocycles. The number of fused-ring (bicyclic) bond motifs is 1. The summed E-state index contributed by atoms with van der Waals surface area (Å²) in [7, 11) is 5.89. The van der Waals surface area contributed by atoms with Crippen molar-refractivity contribution in [2.24, 2.45) is 23.2 Å². The van der Waals surface area contributed by atoms with Gasteiger partial charge in [0, 0.05) is 44.6 Å². The topological polar surface area (TPSA) is 48.0 Å². The molecule has 8 atom stereocenters. The van der Waals surface area contributed by atoms with E-state index in [9.17, 15) is 4.79 Å². The van der Waals surface area contributed by atoms with Crippen LogP contribution in [0.4, 0.5) is 0 Å². The summed E-state index contributed by atoms with van der Waals surface area (Å²) in [6.45, 7) is 6.03. The van der Waals surface area contributed by atoms with Crippen LogP contribution in [0.2, 0.25) is 0 Å². The van der Waals surface area contributed by atoms with Gasteiger partial charge < -0.3 is 19.1 Å². The third kappa shape index (κ3) is 2.47. The average molecular weight is 380 g/mol. The van der Waals surface area contributed by atoms with Crippen LogP contribution >= 0.6 is 0 Å². The van der Waals surface area contributed by atoms with Crippen molar-refractivity contribution in [3.05, 3.63) is 0 Å². The van der Waals surface area contributed by atoms with Crippen molar-refractivity contribution >= 4 is 5.78 Å². The highest BCUT2D eigenvalue weighted by molar-refractivity contribution is 5.83. The molecule has 5 nitrogen and oxygen atoms in total. The summed E-state index contributed by atoms with van der Waals surface area (Å²) in [5.41, 5.74) is -0.383. The van der Waals surface area contributed by atoms with Crippen LogP contribution in [0.3, 0.4) is 0 Å². The van der Waals surface area contributed by atoms with E-state index in [1.807, 2.05) is 7.11 Å². The molecule has 3 aliphatic carbocycles. The maximum Gasteiger partial charge on any atom is 0.136 e. The number of Topliss-reactive ketones (excluding diaryl/α,β-unsaturated/α-hetero) is 1. The summed E-state index contributed by atoms with van der Waals surface area (Å²) in [4.78, 5) is 15.6. The SMILES string of the molecule is CCO[C@@]12CCC(=O)[C@@H](C)[C@@]13CCN(C)C2CC1CCC(OC)C(OC)C13. The van der Waals surface area contributed by atoms with E-state index in [0.717, 1.165) is 38.6 Å². The molecule has 5 heteroatoms. The average Bonchev–Trinajstić information content (AvgIpc) is 2.67. The number of piperidine rings is 1. The van der Waals surface area contributed by atoms with Crippen molar-refractivity contribution in [1.29, 1.82) is 0 Å². The van der Waals surface area contributed by atoms with Gasteiger partial charge in [0.1, 0.15) is 5.78 Å². The summed E-state index contributed by atoms with van der Waals surface area (Å²) in [6, 6.07) is 0.402. The van der Waals surface area contributed by atoms with Gasteiger partial charge in [-0.25, -0.2) is 0 Å². The lowest BCUT2D eigenvalue weighted by molar-refractivity contribution is -0.305. The number of nitrogens with zero attached hydrogens (tertiary/aromatic N) is 1. The number of likely N-dealkylation sites (tertiary alicyclic amines) is 1. The van der Waals surface area contributed by atoms with Gasteiger partial charge in [-0.2, -0.15) is 0 Å². The van der Waals surface area contributed by atoms with Crippen LogP contribution in [0, 0.1) is 23.2 Å². The summed E-state index contributed by atoms with van der Waals surface area (Å²) in [6.07, 6.45) is 6.05. The lowest BCUT2D eigenvalue weighted by atomic mass is 9.39. The molecule has 1 heterocycles. The smallest absolute Gasteiger partial charge is 0.136 e. The van der Waals surface area contributed by atoms with E-state index in [1.54, 1.807) is 7.11 Å². The molecule has 0 aromatic carbocycles. The number of methoxy groups -OCH3 is 2. The van der Waals surface area contributed by atoms with E-state index in [1.165, 1.54) is 0 Å². The molecule has 1 saturated heterocycles. The Bertz CT molecular complexity index is 583. The quantitative estimate of drug-likeness (QED) is 0.752. The zero-order chi connectivity index (χ0) is 19.4. The monoisotopic (exact) mass is 379 g/mol. The fraction of sp³-hybridized carbons (Fsp3) is 0.955. The minimum absolute atomic E-state index is 0.0232. The number of ketones is 1. The molecule has 0 radical (unpaired) electrons. The molecule has 3 saturated carbocycles. The normalized spacial score (nSPS) is 50.2. The van der Waals surface area contributed by atoms with E-state index in [0.29, 0.717) is 36.7 Å². The molecular weight excluding hydrogens is 342 g/mol. The van der Waals surface area contributed by atoms with Gasteiger partial charge in [0.15, 0.2) is 0 Å². The van der Waals surface area contributed by atoms with Crippen LogP contribution in [0.25, 0.3) is 0 Å².